The molecule has 1 aromatic heterocycles. The number of nitrogens with zero attached hydrogens (tertiary/aromatic N) is 1. The van der Waals surface area contributed by atoms with Crippen molar-refractivity contribution in [3.8, 4) is 22.3 Å². The third-order valence-electron chi connectivity index (χ3n) is 11.8. The molecule has 54 heavy (non-hydrogen) atoms. The van der Waals surface area contributed by atoms with Crippen LogP contribution < -0.4 is 0 Å². The van der Waals surface area contributed by atoms with Crippen LogP contribution in [-0.2, 0) is 0 Å². The molecule has 1 nitrogen and oxygen atoms in total. The Morgan fingerprint density at radius 2 is 0.574 bits per heavy atom. The van der Waals surface area contributed by atoms with Crippen LogP contribution in [-0.4, -0.2) is 4.98 Å². The van der Waals surface area contributed by atoms with Gasteiger partial charge in [0.15, 0.2) is 0 Å². The lowest BCUT2D eigenvalue weighted by Gasteiger charge is -2.20. The number of pyridine rings is 1. The molecule has 12 rings (SSSR count). The molecule has 11 aromatic carbocycles. The summed E-state index contributed by atoms with van der Waals surface area (Å²) in [4.78, 5) is 5.12. The summed E-state index contributed by atoms with van der Waals surface area (Å²) in [5.74, 6) is 0. The maximum absolute atomic E-state index is 5.12. The fraction of sp³-hybridized carbons (Fsp3) is 0. The SMILES string of the molecule is c1ccc2c(c1)ncc1c(-c3ccc4c5ccccc5c5ccccc5c4c3)c3ccccc3c(-c3ccc4c5ccccc5c5ccccc5c4c3)c12. The number of fused-ring (bicyclic) bond motifs is 16. The summed E-state index contributed by atoms with van der Waals surface area (Å²) in [5, 5.41) is 21.4. The molecule has 1 heterocycles. The molecular formula is C53H31N. The molecule has 0 radical (unpaired) electrons. The second-order valence-electron chi connectivity index (χ2n) is 14.6. The van der Waals surface area contributed by atoms with Gasteiger partial charge in [-0.2, -0.15) is 0 Å². The van der Waals surface area contributed by atoms with Crippen LogP contribution in [0.2, 0.25) is 0 Å². The lowest BCUT2D eigenvalue weighted by Crippen LogP contribution is -1.94. The quantitative estimate of drug-likeness (QED) is 0.131. The van der Waals surface area contributed by atoms with Gasteiger partial charge in [-0.3, -0.25) is 4.98 Å². The third kappa shape index (κ3) is 4.07. The van der Waals surface area contributed by atoms with Crippen molar-refractivity contribution in [2.24, 2.45) is 0 Å². The lowest BCUT2D eigenvalue weighted by molar-refractivity contribution is 1.45. The van der Waals surface area contributed by atoms with Gasteiger partial charge in [0.25, 0.3) is 0 Å². The third-order valence-corrected chi connectivity index (χ3v) is 11.8. The van der Waals surface area contributed by atoms with Gasteiger partial charge in [0, 0.05) is 22.4 Å². The highest BCUT2D eigenvalue weighted by Crippen LogP contribution is 2.48. The van der Waals surface area contributed by atoms with Crippen molar-refractivity contribution in [3.63, 3.8) is 0 Å². The predicted octanol–water partition coefficient (Wildman–Crippen LogP) is 14.8. The molecule has 0 aliphatic heterocycles. The summed E-state index contributed by atoms with van der Waals surface area (Å²) in [6.45, 7) is 0. The molecule has 0 saturated heterocycles. The Bertz CT molecular complexity index is 3490. The Labute approximate surface area is 311 Å². The highest BCUT2D eigenvalue weighted by Gasteiger charge is 2.21. The van der Waals surface area contributed by atoms with Gasteiger partial charge in [0.2, 0.25) is 0 Å². The maximum atomic E-state index is 5.12. The van der Waals surface area contributed by atoms with Crippen LogP contribution in [0.4, 0.5) is 0 Å². The Kier molecular flexibility index (Phi) is 6.12. The Hall–Kier alpha value is -7.09. The van der Waals surface area contributed by atoms with Gasteiger partial charge in [0.1, 0.15) is 0 Å². The smallest absolute Gasteiger partial charge is 0.0708 e. The van der Waals surface area contributed by atoms with Gasteiger partial charge in [-0.15, -0.1) is 0 Å². The van der Waals surface area contributed by atoms with Crippen LogP contribution in [0.15, 0.2) is 188 Å². The molecule has 0 aliphatic carbocycles. The number of benzene rings is 11. The van der Waals surface area contributed by atoms with Crippen LogP contribution in [0.3, 0.4) is 0 Å². The van der Waals surface area contributed by atoms with Crippen molar-refractivity contribution >= 4 is 97.1 Å². The average molecular weight is 682 g/mol. The van der Waals surface area contributed by atoms with Gasteiger partial charge in [0.05, 0.1) is 5.52 Å². The van der Waals surface area contributed by atoms with E-state index >= 15 is 0 Å². The molecule has 0 amide bonds. The fourth-order valence-electron chi connectivity index (χ4n) is 9.54. The van der Waals surface area contributed by atoms with Crippen molar-refractivity contribution in [1.82, 2.24) is 4.98 Å². The van der Waals surface area contributed by atoms with Crippen molar-refractivity contribution in [2.45, 2.75) is 0 Å². The average Bonchev–Trinajstić information content (AvgIpc) is 3.25. The van der Waals surface area contributed by atoms with Gasteiger partial charge in [-0.25, -0.2) is 0 Å². The zero-order valence-corrected chi connectivity index (χ0v) is 29.3. The number of hydrogen-bond acceptors (Lipinski definition) is 1. The number of hydrogen-bond donors (Lipinski definition) is 0. The number of para-hydroxylation sites is 1. The van der Waals surface area contributed by atoms with E-state index < -0.39 is 0 Å². The predicted molar refractivity (Wildman–Crippen MR) is 233 cm³/mol. The van der Waals surface area contributed by atoms with E-state index in [1.54, 1.807) is 0 Å². The van der Waals surface area contributed by atoms with Crippen molar-refractivity contribution < 1.29 is 0 Å². The maximum Gasteiger partial charge on any atom is 0.0708 e. The van der Waals surface area contributed by atoms with E-state index in [2.05, 4.69) is 188 Å². The molecule has 0 fully saturated rings. The first-order chi connectivity index (χ1) is 26.8. The highest BCUT2D eigenvalue weighted by atomic mass is 14.7. The summed E-state index contributed by atoms with van der Waals surface area (Å²) in [5.41, 5.74) is 5.88. The van der Waals surface area contributed by atoms with Gasteiger partial charge < -0.3 is 0 Å². The monoisotopic (exact) mass is 681 g/mol. The molecular weight excluding hydrogens is 651 g/mol. The molecule has 0 saturated carbocycles. The zero-order chi connectivity index (χ0) is 35.3. The Morgan fingerprint density at radius 1 is 0.241 bits per heavy atom. The van der Waals surface area contributed by atoms with Gasteiger partial charge in [-0.05, 0) is 116 Å². The van der Waals surface area contributed by atoms with Crippen molar-refractivity contribution in [2.75, 3.05) is 0 Å². The largest absolute Gasteiger partial charge is 0.256 e. The Balaban J connectivity index is 1.23. The van der Waals surface area contributed by atoms with E-state index in [0.29, 0.717) is 0 Å². The normalized spacial score (nSPS) is 12.1. The second-order valence-corrected chi connectivity index (χ2v) is 14.6. The summed E-state index contributed by atoms with van der Waals surface area (Å²) in [6, 6.07) is 67.1. The summed E-state index contributed by atoms with van der Waals surface area (Å²) in [7, 11) is 0. The first-order valence-corrected chi connectivity index (χ1v) is 18.7. The van der Waals surface area contributed by atoms with E-state index in [0.717, 1.165) is 16.3 Å². The minimum absolute atomic E-state index is 1.00. The van der Waals surface area contributed by atoms with Crippen LogP contribution in [0, 0.1) is 0 Å². The lowest BCUT2D eigenvalue weighted by atomic mass is 9.83. The van der Waals surface area contributed by atoms with E-state index in [4.69, 9.17) is 4.98 Å². The molecule has 0 atom stereocenters. The van der Waals surface area contributed by atoms with E-state index in [1.807, 2.05) is 0 Å². The molecule has 0 spiro atoms. The van der Waals surface area contributed by atoms with Gasteiger partial charge in [-0.1, -0.05) is 164 Å². The molecule has 0 unspecified atom stereocenters. The number of rotatable bonds is 2. The zero-order valence-electron chi connectivity index (χ0n) is 29.3. The minimum atomic E-state index is 1.00. The van der Waals surface area contributed by atoms with E-state index in [9.17, 15) is 0 Å². The fourth-order valence-corrected chi connectivity index (χ4v) is 9.54. The van der Waals surface area contributed by atoms with Crippen LogP contribution in [0.5, 0.6) is 0 Å². The first kappa shape index (κ1) is 29.5. The van der Waals surface area contributed by atoms with Crippen LogP contribution in [0.1, 0.15) is 0 Å². The number of aromatic nitrogens is 1. The molecule has 0 N–H and O–H groups in total. The van der Waals surface area contributed by atoms with Crippen LogP contribution in [0.25, 0.3) is 119 Å². The standard InChI is InChI=1S/C53H31N/c1-3-17-38-34(13-1)36-15-5-7-19-40(36)47-29-32(25-27-42(38)47)51-44-21-9-10-22-45(44)52(53-46-23-11-12-24-50(46)54-31-49(51)53)33-26-28-43-39-18-4-2-14-35(39)37-16-6-8-20-41(37)48(43)30-33/h1-31H. The Morgan fingerprint density at radius 3 is 1.04 bits per heavy atom. The highest BCUT2D eigenvalue weighted by molar-refractivity contribution is 6.31. The van der Waals surface area contributed by atoms with Crippen molar-refractivity contribution in [1.29, 1.82) is 0 Å². The minimum Gasteiger partial charge on any atom is -0.256 e. The topological polar surface area (TPSA) is 12.9 Å². The van der Waals surface area contributed by atoms with E-state index in [1.165, 1.54) is 103 Å². The molecule has 12 aromatic rings. The molecule has 0 bridgehead atoms. The van der Waals surface area contributed by atoms with Crippen molar-refractivity contribution in [3.05, 3.63) is 188 Å². The summed E-state index contributed by atoms with van der Waals surface area (Å²) < 4.78 is 0. The molecule has 248 valence electrons. The first-order valence-electron chi connectivity index (χ1n) is 18.7. The summed E-state index contributed by atoms with van der Waals surface area (Å²) >= 11 is 0. The molecule has 0 aliphatic rings. The van der Waals surface area contributed by atoms with E-state index in [-0.39, 0.29) is 0 Å². The molecule has 1 heteroatoms. The summed E-state index contributed by atoms with van der Waals surface area (Å²) in [6.07, 6.45) is 2.12. The van der Waals surface area contributed by atoms with Gasteiger partial charge >= 0.3 is 0 Å². The van der Waals surface area contributed by atoms with Crippen LogP contribution >= 0.6 is 0 Å². The second kappa shape index (κ2) is 11.2.